The van der Waals surface area contributed by atoms with Gasteiger partial charge in [-0.1, -0.05) is 122 Å². The number of carbonyl (C=O) groups is 4. The smallest absolute Gasteiger partial charge is 0.407 e. The van der Waals surface area contributed by atoms with E-state index in [1.807, 2.05) is 60.7 Å². The van der Waals surface area contributed by atoms with Crippen LogP contribution in [0.4, 0.5) is 4.79 Å². The summed E-state index contributed by atoms with van der Waals surface area (Å²) in [6, 6.07) is 42.6. The van der Waals surface area contributed by atoms with E-state index >= 15 is 0 Å². The minimum Gasteiger partial charge on any atom is -0.459 e. The van der Waals surface area contributed by atoms with Gasteiger partial charge in [-0.2, -0.15) is 0 Å². The normalized spacial score (nSPS) is 26.5. The third-order valence-corrected chi connectivity index (χ3v) is 11.6. The summed E-state index contributed by atoms with van der Waals surface area (Å²) in [5.74, 6) is -4.06. The summed E-state index contributed by atoms with van der Waals surface area (Å²) in [6.07, 6.45) is -10.0. The molecule has 3 heterocycles. The van der Waals surface area contributed by atoms with E-state index in [-0.39, 0.29) is 36.5 Å². The number of hydrogen-bond acceptors (Lipinski definition) is 14. The van der Waals surface area contributed by atoms with E-state index < -0.39 is 97.6 Å². The lowest BCUT2D eigenvalue weighted by Crippen LogP contribution is -2.70. The van der Waals surface area contributed by atoms with Crippen LogP contribution in [0.2, 0.25) is 0 Å². The van der Waals surface area contributed by atoms with Gasteiger partial charge in [0.15, 0.2) is 24.5 Å². The molecule has 3 aliphatic heterocycles. The zero-order valence-corrected chi connectivity index (χ0v) is 37.3. The second-order valence-corrected chi connectivity index (χ2v) is 16.8. The molecule has 0 radical (unpaired) electrons. The molecule has 1 amide bonds. The molecule has 0 spiro atoms. The van der Waals surface area contributed by atoms with Crippen LogP contribution in [0.1, 0.15) is 63.0 Å². The summed E-state index contributed by atoms with van der Waals surface area (Å²) in [5, 5.41) is 2.93. The van der Waals surface area contributed by atoms with E-state index in [9.17, 15) is 19.2 Å². The zero-order chi connectivity index (χ0) is 46.8. The second-order valence-electron chi connectivity index (χ2n) is 16.8. The summed E-state index contributed by atoms with van der Waals surface area (Å²) < 4.78 is 63.4. The van der Waals surface area contributed by atoms with Crippen molar-refractivity contribution in [2.75, 3.05) is 13.2 Å². The van der Waals surface area contributed by atoms with Gasteiger partial charge in [0.2, 0.25) is 0 Å². The second kappa shape index (κ2) is 21.9. The quantitative estimate of drug-likeness (QED) is 0.0812. The SMILES string of the molecule is C[C@@H]1C(OC(=O)c2ccccc2)[C@H](O[C@@H]2C(NC(=O)OCc3ccccc3)[C@@H](OCc3ccccc3)OC3COC(C)(C)O[C@H]32)OC(COC(=O)c2ccccc2)[C@@H]1OC(=O)c1ccccc1. The first-order valence-corrected chi connectivity index (χ1v) is 22.2. The van der Waals surface area contributed by atoms with Gasteiger partial charge in [0.1, 0.15) is 49.8 Å². The molecule has 3 saturated heterocycles. The largest absolute Gasteiger partial charge is 0.459 e. The molecule has 1 N–H and O–H groups in total. The fraction of sp³-hybridized carbons (Fsp3) is 0.346. The molecule has 0 saturated carbocycles. The Hall–Kier alpha value is -6.46. The molecular formula is C52H53NO14. The summed E-state index contributed by atoms with van der Waals surface area (Å²) in [6.45, 7) is 4.88. The molecule has 0 aromatic heterocycles. The fourth-order valence-electron chi connectivity index (χ4n) is 8.13. The predicted octanol–water partition coefficient (Wildman–Crippen LogP) is 7.43. The highest BCUT2D eigenvalue weighted by atomic mass is 16.8. The maximum Gasteiger partial charge on any atom is 0.407 e. The van der Waals surface area contributed by atoms with Crippen molar-refractivity contribution in [2.45, 2.75) is 95.0 Å². The first kappa shape index (κ1) is 47.0. The Morgan fingerprint density at radius 3 is 1.67 bits per heavy atom. The number of amides is 1. The minimum absolute atomic E-state index is 0.0437. The lowest BCUT2D eigenvalue weighted by Gasteiger charge is -2.52. The van der Waals surface area contributed by atoms with Crippen molar-refractivity contribution >= 4 is 24.0 Å². The number of fused-ring (bicyclic) bond motifs is 1. The van der Waals surface area contributed by atoms with Crippen LogP contribution in [-0.2, 0) is 60.6 Å². The molecule has 5 aromatic carbocycles. The molecule has 67 heavy (non-hydrogen) atoms. The fourth-order valence-corrected chi connectivity index (χ4v) is 8.13. The number of hydrogen-bond donors (Lipinski definition) is 1. The monoisotopic (exact) mass is 915 g/mol. The summed E-state index contributed by atoms with van der Waals surface area (Å²) in [4.78, 5) is 55.1. The first-order valence-electron chi connectivity index (χ1n) is 22.2. The van der Waals surface area contributed by atoms with Gasteiger partial charge in [-0.05, 0) is 61.4 Å². The standard InChI is InChI=1S/C52H53NO14/c1-33-42(64-47(55)37-25-15-7-16-26-37)39(31-58-46(54)36-23-13-6-14-24-36)63-50(43(33)65-48(56)38-27-17-8-18-28-38)66-45-41(53-51(57)60-30-35-21-11-5-12-22-35)49(59-29-34-19-9-4-10-20-34)62-40-32-61-52(2,3)67-44(40)45/h4-28,33,39-45,49-50H,29-32H2,1-3H3,(H,53,57)/t33-,39?,40?,41?,42+,43?,44+,45+,49-,50-/m0/s1. The number of carbonyl (C=O) groups excluding carboxylic acids is 4. The summed E-state index contributed by atoms with van der Waals surface area (Å²) in [5.41, 5.74) is 2.36. The van der Waals surface area contributed by atoms with Gasteiger partial charge in [-0.15, -0.1) is 0 Å². The van der Waals surface area contributed by atoms with Crippen molar-refractivity contribution < 1.29 is 66.5 Å². The van der Waals surface area contributed by atoms with Crippen LogP contribution < -0.4 is 5.32 Å². The molecule has 3 fully saturated rings. The zero-order valence-electron chi connectivity index (χ0n) is 37.3. The Morgan fingerprint density at radius 1 is 0.597 bits per heavy atom. The first-order chi connectivity index (χ1) is 32.5. The number of alkyl carbamates (subject to hydrolysis) is 1. The van der Waals surface area contributed by atoms with Crippen molar-refractivity contribution in [3.8, 4) is 0 Å². The topological polar surface area (TPSA) is 173 Å². The molecular weight excluding hydrogens is 863 g/mol. The number of ether oxygens (including phenoxy) is 10. The van der Waals surface area contributed by atoms with Crippen LogP contribution in [0.5, 0.6) is 0 Å². The van der Waals surface area contributed by atoms with Gasteiger partial charge < -0.3 is 52.7 Å². The van der Waals surface area contributed by atoms with Crippen molar-refractivity contribution in [1.29, 1.82) is 0 Å². The average Bonchev–Trinajstić information content (AvgIpc) is 3.36. The average molecular weight is 916 g/mol. The van der Waals surface area contributed by atoms with E-state index in [2.05, 4.69) is 5.32 Å². The number of nitrogens with one attached hydrogen (secondary N) is 1. The third-order valence-electron chi connectivity index (χ3n) is 11.6. The van der Waals surface area contributed by atoms with Crippen molar-refractivity contribution in [1.82, 2.24) is 5.32 Å². The minimum atomic E-state index is -1.48. The van der Waals surface area contributed by atoms with Crippen LogP contribution in [0.3, 0.4) is 0 Å². The molecule has 350 valence electrons. The Kier molecular flexibility index (Phi) is 15.4. The van der Waals surface area contributed by atoms with Gasteiger partial charge in [0, 0.05) is 5.92 Å². The maximum atomic E-state index is 14.0. The van der Waals surface area contributed by atoms with Crippen LogP contribution in [-0.4, -0.2) is 98.2 Å². The van der Waals surface area contributed by atoms with Crippen LogP contribution in [0.25, 0.3) is 0 Å². The van der Waals surface area contributed by atoms with Crippen molar-refractivity contribution in [3.63, 3.8) is 0 Å². The molecule has 8 rings (SSSR count). The number of rotatable bonds is 15. The molecule has 3 aliphatic rings. The Labute approximate surface area is 388 Å². The Balaban J connectivity index is 1.16. The van der Waals surface area contributed by atoms with Crippen LogP contribution in [0.15, 0.2) is 152 Å². The van der Waals surface area contributed by atoms with Gasteiger partial charge in [0.25, 0.3) is 0 Å². The van der Waals surface area contributed by atoms with E-state index in [1.54, 1.807) is 112 Å². The van der Waals surface area contributed by atoms with E-state index in [0.717, 1.165) is 11.1 Å². The number of benzene rings is 5. The molecule has 15 heteroatoms. The van der Waals surface area contributed by atoms with Crippen molar-refractivity contribution in [2.24, 2.45) is 5.92 Å². The molecule has 10 atom stereocenters. The van der Waals surface area contributed by atoms with Crippen LogP contribution in [0, 0.1) is 5.92 Å². The van der Waals surface area contributed by atoms with Crippen molar-refractivity contribution in [3.05, 3.63) is 179 Å². The van der Waals surface area contributed by atoms with Gasteiger partial charge >= 0.3 is 24.0 Å². The Morgan fingerprint density at radius 2 is 1.10 bits per heavy atom. The molecule has 4 unspecified atom stereocenters. The highest BCUT2D eigenvalue weighted by Gasteiger charge is 2.57. The highest BCUT2D eigenvalue weighted by Crippen LogP contribution is 2.39. The summed E-state index contributed by atoms with van der Waals surface area (Å²) >= 11 is 0. The van der Waals surface area contributed by atoms with Gasteiger partial charge in [0.05, 0.1) is 29.9 Å². The highest BCUT2D eigenvalue weighted by molar-refractivity contribution is 5.90. The van der Waals surface area contributed by atoms with Crippen LogP contribution >= 0.6 is 0 Å². The third kappa shape index (κ3) is 12.1. The molecule has 5 aromatic rings. The molecule has 0 bridgehead atoms. The number of esters is 3. The molecule has 0 aliphatic carbocycles. The maximum absolute atomic E-state index is 14.0. The van der Waals surface area contributed by atoms with Gasteiger partial charge in [-0.25, -0.2) is 19.2 Å². The van der Waals surface area contributed by atoms with E-state index in [0.29, 0.717) is 0 Å². The lowest BCUT2D eigenvalue weighted by molar-refractivity contribution is -0.392. The lowest BCUT2D eigenvalue weighted by atomic mass is 9.89. The predicted molar refractivity (Wildman–Crippen MR) is 239 cm³/mol. The summed E-state index contributed by atoms with van der Waals surface area (Å²) in [7, 11) is 0. The Bertz CT molecular complexity index is 2390. The van der Waals surface area contributed by atoms with E-state index in [1.165, 1.54) is 0 Å². The molecule has 15 nitrogen and oxygen atoms in total. The van der Waals surface area contributed by atoms with Gasteiger partial charge in [-0.3, -0.25) is 0 Å². The van der Waals surface area contributed by atoms with E-state index in [4.69, 9.17) is 47.4 Å².